The van der Waals surface area contributed by atoms with Crippen LogP contribution in [0.1, 0.15) is 16.8 Å². The van der Waals surface area contributed by atoms with E-state index in [-0.39, 0.29) is 24.3 Å². The Morgan fingerprint density at radius 3 is 2.63 bits per heavy atom. The highest BCUT2D eigenvalue weighted by Crippen LogP contribution is 2.24. The molecule has 2 aromatic carbocycles. The molecule has 0 bridgehead atoms. The average Bonchev–Trinajstić information content (AvgIpc) is 3.30. The van der Waals surface area contributed by atoms with Gasteiger partial charge in [-0.3, -0.25) is 14.7 Å². The molecule has 1 aliphatic heterocycles. The normalized spacial score (nSPS) is 16.6. The molecule has 0 radical (unpaired) electrons. The highest BCUT2D eigenvalue weighted by Gasteiger charge is 2.32. The Morgan fingerprint density at radius 1 is 1.15 bits per heavy atom. The number of carbonyl (C=O) groups excluding carboxylic acids is 2. The Balaban J connectivity index is 1.48. The zero-order valence-corrected chi connectivity index (χ0v) is 15.1. The molecule has 0 spiro atoms. The fourth-order valence-electron chi connectivity index (χ4n) is 3.22. The van der Waals surface area contributed by atoms with E-state index in [1.807, 2.05) is 30.3 Å². The van der Waals surface area contributed by atoms with Crippen molar-refractivity contribution < 1.29 is 9.59 Å². The predicted octanol–water partition coefficient (Wildman–Crippen LogP) is 3.27. The molecule has 136 valence electrons. The number of carbonyl (C=O) groups is 2. The van der Waals surface area contributed by atoms with Gasteiger partial charge in [-0.25, -0.2) is 0 Å². The maximum atomic E-state index is 12.7. The van der Waals surface area contributed by atoms with Gasteiger partial charge in [0.05, 0.1) is 23.5 Å². The van der Waals surface area contributed by atoms with E-state index in [1.165, 1.54) is 6.20 Å². The van der Waals surface area contributed by atoms with E-state index in [0.29, 0.717) is 22.8 Å². The van der Waals surface area contributed by atoms with E-state index in [9.17, 15) is 9.59 Å². The van der Waals surface area contributed by atoms with Gasteiger partial charge in [0, 0.05) is 29.2 Å². The number of anilines is 1. The van der Waals surface area contributed by atoms with E-state index in [2.05, 4.69) is 15.5 Å². The first-order valence-corrected chi connectivity index (χ1v) is 8.95. The van der Waals surface area contributed by atoms with Crippen molar-refractivity contribution in [1.82, 2.24) is 15.5 Å². The number of nitrogens with one attached hydrogen (secondary N) is 2. The fourth-order valence-corrected chi connectivity index (χ4v) is 3.35. The zero-order chi connectivity index (χ0) is 18.8. The topological polar surface area (TPSA) is 78.1 Å². The van der Waals surface area contributed by atoms with Gasteiger partial charge < -0.3 is 10.2 Å². The predicted molar refractivity (Wildman–Crippen MR) is 104 cm³/mol. The summed E-state index contributed by atoms with van der Waals surface area (Å²) < 4.78 is 0. The Hall–Kier alpha value is -3.12. The van der Waals surface area contributed by atoms with Crippen LogP contribution in [-0.2, 0) is 4.79 Å². The van der Waals surface area contributed by atoms with Crippen LogP contribution in [0.15, 0.2) is 60.8 Å². The molecule has 4 rings (SSSR count). The molecular weight excluding hydrogens is 364 g/mol. The van der Waals surface area contributed by atoms with Crippen molar-refractivity contribution in [3.05, 3.63) is 71.4 Å². The van der Waals surface area contributed by atoms with E-state index in [4.69, 9.17) is 11.6 Å². The molecule has 2 heterocycles. The maximum Gasteiger partial charge on any atom is 0.255 e. The third-order valence-corrected chi connectivity index (χ3v) is 4.80. The summed E-state index contributed by atoms with van der Waals surface area (Å²) in [5.74, 6) is -0.281. The molecule has 1 saturated heterocycles. The van der Waals surface area contributed by atoms with Gasteiger partial charge in [-0.2, -0.15) is 5.10 Å². The van der Waals surface area contributed by atoms with Crippen LogP contribution < -0.4 is 10.2 Å². The number of aromatic nitrogens is 2. The van der Waals surface area contributed by atoms with Crippen LogP contribution in [0, 0.1) is 0 Å². The van der Waals surface area contributed by atoms with E-state index < -0.39 is 0 Å². The first-order chi connectivity index (χ1) is 13.1. The van der Waals surface area contributed by atoms with E-state index in [1.54, 1.807) is 29.2 Å². The van der Waals surface area contributed by atoms with Crippen molar-refractivity contribution in [2.75, 3.05) is 11.4 Å². The summed E-state index contributed by atoms with van der Waals surface area (Å²) in [7, 11) is 0. The molecule has 0 saturated carbocycles. The minimum atomic E-state index is -0.265. The number of hydrogen-bond donors (Lipinski definition) is 2. The molecular formula is C20H17ClN4O2. The second-order valence-corrected chi connectivity index (χ2v) is 6.82. The average molecular weight is 381 g/mol. The Morgan fingerprint density at radius 2 is 1.89 bits per heavy atom. The third kappa shape index (κ3) is 3.57. The molecule has 1 fully saturated rings. The zero-order valence-electron chi connectivity index (χ0n) is 14.4. The number of amides is 2. The number of H-pyrrole nitrogens is 1. The van der Waals surface area contributed by atoms with Crippen molar-refractivity contribution in [2.24, 2.45) is 0 Å². The smallest absolute Gasteiger partial charge is 0.255 e. The van der Waals surface area contributed by atoms with Crippen molar-refractivity contribution in [3.8, 4) is 11.3 Å². The van der Waals surface area contributed by atoms with Crippen molar-refractivity contribution in [3.63, 3.8) is 0 Å². The summed E-state index contributed by atoms with van der Waals surface area (Å²) >= 11 is 5.91. The first kappa shape index (κ1) is 17.3. The van der Waals surface area contributed by atoms with Crippen molar-refractivity contribution in [2.45, 2.75) is 12.5 Å². The van der Waals surface area contributed by atoms with Gasteiger partial charge in [0.2, 0.25) is 5.91 Å². The number of benzene rings is 2. The largest absolute Gasteiger partial charge is 0.347 e. The SMILES string of the molecule is O=C(N[C@@H]1CC(=O)N(c2ccc(Cl)cc2)C1)c1cn[nH]c1-c1ccccc1. The van der Waals surface area contributed by atoms with Gasteiger partial charge in [-0.05, 0) is 24.3 Å². The van der Waals surface area contributed by atoms with Gasteiger partial charge in [-0.1, -0.05) is 41.9 Å². The minimum absolute atomic E-state index is 0.0295. The molecule has 2 amide bonds. The molecule has 0 aliphatic carbocycles. The molecule has 3 aromatic rings. The summed E-state index contributed by atoms with van der Waals surface area (Å²) in [5.41, 5.74) is 2.77. The Bertz CT molecular complexity index is 969. The van der Waals surface area contributed by atoms with Crippen LogP contribution in [0.3, 0.4) is 0 Å². The molecule has 1 atom stereocenters. The molecule has 27 heavy (non-hydrogen) atoms. The quantitative estimate of drug-likeness (QED) is 0.729. The summed E-state index contributed by atoms with van der Waals surface area (Å²) in [5, 5.41) is 10.4. The summed E-state index contributed by atoms with van der Waals surface area (Å²) in [4.78, 5) is 26.7. The van der Waals surface area contributed by atoms with Crippen LogP contribution in [-0.4, -0.2) is 34.6 Å². The third-order valence-electron chi connectivity index (χ3n) is 4.54. The Kier molecular flexibility index (Phi) is 4.64. The summed E-state index contributed by atoms with van der Waals surface area (Å²) in [6, 6.07) is 16.4. The standard InChI is InChI=1S/C20H17ClN4O2/c21-14-6-8-16(9-7-14)25-12-15(10-18(25)26)23-20(27)17-11-22-24-19(17)13-4-2-1-3-5-13/h1-9,11,15H,10,12H2,(H,22,24)(H,23,27)/t15-/m1/s1. The minimum Gasteiger partial charge on any atom is -0.347 e. The highest BCUT2D eigenvalue weighted by atomic mass is 35.5. The summed E-state index contributed by atoms with van der Waals surface area (Å²) in [6.45, 7) is 0.421. The lowest BCUT2D eigenvalue weighted by atomic mass is 10.1. The van der Waals surface area contributed by atoms with Crippen LogP contribution in [0.2, 0.25) is 5.02 Å². The highest BCUT2D eigenvalue weighted by molar-refractivity contribution is 6.30. The molecule has 1 aromatic heterocycles. The van der Waals surface area contributed by atoms with Crippen LogP contribution in [0.4, 0.5) is 5.69 Å². The van der Waals surface area contributed by atoms with E-state index in [0.717, 1.165) is 11.3 Å². The second-order valence-electron chi connectivity index (χ2n) is 6.38. The first-order valence-electron chi connectivity index (χ1n) is 8.57. The second kappa shape index (κ2) is 7.25. The van der Waals surface area contributed by atoms with E-state index >= 15 is 0 Å². The number of rotatable bonds is 4. The number of halogens is 1. The Labute approximate surface area is 161 Å². The van der Waals surface area contributed by atoms with Gasteiger partial charge in [0.1, 0.15) is 0 Å². The van der Waals surface area contributed by atoms with Gasteiger partial charge >= 0.3 is 0 Å². The molecule has 1 aliphatic rings. The fraction of sp³-hybridized carbons (Fsp3) is 0.150. The lowest BCUT2D eigenvalue weighted by Crippen LogP contribution is -2.37. The summed E-state index contributed by atoms with van der Waals surface area (Å²) in [6.07, 6.45) is 1.76. The monoisotopic (exact) mass is 380 g/mol. The molecule has 7 heteroatoms. The lowest BCUT2D eigenvalue weighted by Gasteiger charge is -2.17. The molecule has 6 nitrogen and oxygen atoms in total. The van der Waals surface area contributed by atoms with Gasteiger partial charge in [0.15, 0.2) is 0 Å². The number of nitrogens with zero attached hydrogens (tertiary/aromatic N) is 2. The van der Waals surface area contributed by atoms with Crippen LogP contribution in [0.5, 0.6) is 0 Å². The number of hydrogen-bond acceptors (Lipinski definition) is 3. The van der Waals surface area contributed by atoms with Crippen molar-refractivity contribution in [1.29, 1.82) is 0 Å². The van der Waals surface area contributed by atoms with Gasteiger partial charge in [0.25, 0.3) is 5.91 Å². The maximum absolute atomic E-state index is 12.7. The van der Waals surface area contributed by atoms with Gasteiger partial charge in [-0.15, -0.1) is 0 Å². The molecule has 2 N–H and O–H groups in total. The van der Waals surface area contributed by atoms with Crippen LogP contribution in [0.25, 0.3) is 11.3 Å². The number of aromatic amines is 1. The van der Waals surface area contributed by atoms with Crippen LogP contribution >= 0.6 is 11.6 Å². The molecule has 0 unspecified atom stereocenters. The van der Waals surface area contributed by atoms with Crippen molar-refractivity contribution >= 4 is 29.1 Å². The lowest BCUT2D eigenvalue weighted by molar-refractivity contribution is -0.117.